The molecule has 2 unspecified atom stereocenters. The number of terminal acetylenes is 1. The Labute approximate surface area is 184 Å². The van der Waals surface area contributed by atoms with Crippen LogP contribution in [0, 0.1) is 23.2 Å². The van der Waals surface area contributed by atoms with Crippen LogP contribution in [-0.4, -0.2) is 25.3 Å². The molecule has 1 heterocycles. The van der Waals surface area contributed by atoms with E-state index in [1.54, 1.807) is 46.8 Å². The molecule has 2 atom stereocenters. The Kier molecular flexibility index (Phi) is 5.17. The Morgan fingerprint density at radius 1 is 1.13 bits per heavy atom. The van der Waals surface area contributed by atoms with Crippen LogP contribution in [0.15, 0.2) is 47.4 Å². The molecule has 4 nitrogen and oxygen atoms in total. The van der Waals surface area contributed by atoms with Crippen LogP contribution in [0.5, 0.6) is 11.5 Å². The van der Waals surface area contributed by atoms with Gasteiger partial charge in [0.15, 0.2) is 0 Å². The molecule has 2 bridgehead atoms. The molecule has 1 saturated carbocycles. The van der Waals surface area contributed by atoms with E-state index in [2.05, 4.69) is 26.7 Å². The van der Waals surface area contributed by atoms with Crippen LogP contribution < -0.4 is 4.74 Å². The first-order valence-electron chi connectivity index (χ1n) is 10.1. The zero-order valence-corrected chi connectivity index (χ0v) is 19.1. The van der Waals surface area contributed by atoms with Crippen molar-refractivity contribution in [1.29, 1.82) is 0 Å². The van der Waals surface area contributed by atoms with Crippen LogP contribution in [0.3, 0.4) is 0 Å². The van der Waals surface area contributed by atoms with Gasteiger partial charge in [0.1, 0.15) is 11.5 Å². The predicted molar refractivity (Wildman–Crippen MR) is 119 cm³/mol. The number of sulfonamides is 1. The van der Waals surface area contributed by atoms with Gasteiger partial charge >= 0.3 is 0 Å². The Balaban J connectivity index is 1.57. The number of hydrogen-bond acceptors (Lipinski definition) is 3. The SMILES string of the molecule is C#Cc1c(Cl)cccc1Oc1ccc(S(=O)(=O)N2CC3(C)CC2CC(C)(C)C3)cc1. The maximum Gasteiger partial charge on any atom is 0.243 e. The van der Waals surface area contributed by atoms with Crippen molar-refractivity contribution < 1.29 is 13.2 Å². The zero-order valence-electron chi connectivity index (χ0n) is 17.5. The number of halogens is 1. The maximum atomic E-state index is 13.4. The number of ether oxygens (including phenoxy) is 1. The summed E-state index contributed by atoms with van der Waals surface area (Å²) in [5.74, 6) is 3.49. The summed E-state index contributed by atoms with van der Waals surface area (Å²) < 4.78 is 34.3. The second-order valence-corrected chi connectivity index (χ2v) is 11.9. The first-order chi connectivity index (χ1) is 14.0. The third-order valence-corrected chi connectivity index (χ3v) is 8.37. The summed E-state index contributed by atoms with van der Waals surface area (Å²) in [6.45, 7) is 7.26. The van der Waals surface area contributed by atoms with Crippen LogP contribution in [0.4, 0.5) is 0 Å². The van der Waals surface area contributed by atoms with E-state index in [1.165, 1.54) is 0 Å². The van der Waals surface area contributed by atoms with Crippen molar-refractivity contribution in [1.82, 2.24) is 4.31 Å². The molecule has 2 aromatic carbocycles. The van der Waals surface area contributed by atoms with E-state index in [9.17, 15) is 8.42 Å². The average Bonchev–Trinajstić information content (AvgIpc) is 2.92. The highest BCUT2D eigenvalue weighted by Crippen LogP contribution is 2.53. The molecule has 158 valence electrons. The molecular weight excluding hydrogens is 418 g/mol. The molecule has 1 aliphatic heterocycles. The third-order valence-electron chi connectivity index (χ3n) is 6.14. The van der Waals surface area contributed by atoms with Gasteiger partial charge in [-0.3, -0.25) is 0 Å². The standard InChI is InChI=1S/C24H26ClNO3S/c1-5-20-21(25)7-6-8-22(20)29-18-9-11-19(12-10-18)30(27,28)26-16-24(4)14-17(26)13-23(2,3)15-24/h1,6-12,17H,13-16H2,2-4H3. The van der Waals surface area contributed by atoms with Crippen LogP contribution in [0.1, 0.15) is 45.6 Å². The molecular formula is C24H26ClNO3S. The lowest BCUT2D eigenvalue weighted by atomic mass is 9.65. The first-order valence-corrected chi connectivity index (χ1v) is 11.9. The van der Waals surface area contributed by atoms with E-state index in [0.717, 1.165) is 19.3 Å². The van der Waals surface area contributed by atoms with Gasteiger partial charge in [-0.1, -0.05) is 44.4 Å². The van der Waals surface area contributed by atoms with Gasteiger partial charge in [-0.25, -0.2) is 8.42 Å². The van der Waals surface area contributed by atoms with Gasteiger partial charge in [0, 0.05) is 12.6 Å². The van der Waals surface area contributed by atoms with Crippen molar-refractivity contribution in [2.75, 3.05) is 6.54 Å². The lowest BCUT2D eigenvalue weighted by Gasteiger charge is -2.39. The quantitative estimate of drug-likeness (QED) is 0.569. The van der Waals surface area contributed by atoms with E-state index in [1.807, 2.05) is 0 Å². The fourth-order valence-corrected chi connectivity index (χ4v) is 7.36. The van der Waals surface area contributed by atoms with Gasteiger partial charge < -0.3 is 4.74 Å². The molecule has 0 spiro atoms. The number of rotatable bonds is 4. The van der Waals surface area contributed by atoms with E-state index in [0.29, 0.717) is 28.6 Å². The summed E-state index contributed by atoms with van der Waals surface area (Å²) in [6, 6.07) is 11.8. The van der Waals surface area contributed by atoms with Crippen LogP contribution in [0.25, 0.3) is 0 Å². The van der Waals surface area contributed by atoms with Crippen molar-refractivity contribution in [3.8, 4) is 23.8 Å². The first kappa shape index (κ1) is 21.2. The van der Waals surface area contributed by atoms with E-state index in [-0.39, 0.29) is 21.8 Å². The van der Waals surface area contributed by atoms with Crippen LogP contribution >= 0.6 is 11.6 Å². The van der Waals surface area contributed by atoms with Gasteiger partial charge in [0.05, 0.1) is 15.5 Å². The molecule has 0 radical (unpaired) electrons. The molecule has 2 fully saturated rings. The number of fused-ring (bicyclic) bond motifs is 2. The summed E-state index contributed by atoms with van der Waals surface area (Å²) in [7, 11) is -3.57. The summed E-state index contributed by atoms with van der Waals surface area (Å²) in [6.07, 6.45) is 8.40. The number of hydrogen-bond donors (Lipinski definition) is 0. The molecule has 1 saturated heterocycles. The van der Waals surface area contributed by atoms with Gasteiger partial charge in [0.2, 0.25) is 10.0 Å². The smallest absolute Gasteiger partial charge is 0.243 e. The molecule has 0 aromatic heterocycles. The van der Waals surface area contributed by atoms with E-state index < -0.39 is 10.0 Å². The lowest BCUT2D eigenvalue weighted by Crippen LogP contribution is -2.37. The van der Waals surface area contributed by atoms with Gasteiger partial charge in [-0.15, -0.1) is 6.42 Å². The third kappa shape index (κ3) is 3.85. The average molecular weight is 444 g/mol. The fourth-order valence-electron chi connectivity index (χ4n) is 5.36. The second-order valence-electron chi connectivity index (χ2n) is 9.59. The largest absolute Gasteiger partial charge is 0.456 e. The molecule has 0 N–H and O–H groups in total. The number of nitrogens with zero attached hydrogens (tertiary/aromatic N) is 1. The van der Waals surface area contributed by atoms with Crippen LogP contribution in [0.2, 0.25) is 5.02 Å². The minimum absolute atomic E-state index is 0.0424. The van der Waals surface area contributed by atoms with Gasteiger partial charge in [0.25, 0.3) is 0 Å². The van der Waals surface area contributed by atoms with Gasteiger partial charge in [-0.05, 0) is 66.5 Å². The normalized spacial score (nSPS) is 25.6. The second kappa shape index (κ2) is 7.30. The predicted octanol–water partition coefficient (Wildman–Crippen LogP) is 5.70. The van der Waals surface area contributed by atoms with Crippen molar-refractivity contribution in [2.24, 2.45) is 10.8 Å². The Bertz CT molecular complexity index is 1120. The molecule has 1 aliphatic carbocycles. The fraction of sp³-hybridized carbons (Fsp3) is 0.417. The lowest BCUT2D eigenvalue weighted by molar-refractivity contribution is 0.133. The Morgan fingerprint density at radius 2 is 1.83 bits per heavy atom. The van der Waals surface area contributed by atoms with Crippen LogP contribution in [-0.2, 0) is 10.0 Å². The van der Waals surface area contributed by atoms with E-state index >= 15 is 0 Å². The van der Waals surface area contributed by atoms with Crippen molar-refractivity contribution in [2.45, 2.75) is 51.0 Å². The highest BCUT2D eigenvalue weighted by molar-refractivity contribution is 7.89. The summed E-state index contributed by atoms with van der Waals surface area (Å²) in [4.78, 5) is 0.284. The van der Waals surface area contributed by atoms with Crippen molar-refractivity contribution in [3.05, 3.63) is 53.1 Å². The molecule has 6 heteroatoms. The van der Waals surface area contributed by atoms with Crippen molar-refractivity contribution in [3.63, 3.8) is 0 Å². The van der Waals surface area contributed by atoms with E-state index in [4.69, 9.17) is 22.8 Å². The topological polar surface area (TPSA) is 46.6 Å². The highest BCUT2D eigenvalue weighted by Gasteiger charge is 2.53. The Hall–Kier alpha value is -2.00. The minimum atomic E-state index is -3.57. The monoisotopic (exact) mass is 443 g/mol. The zero-order chi connectivity index (χ0) is 21.7. The highest BCUT2D eigenvalue weighted by atomic mass is 35.5. The molecule has 2 aromatic rings. The Morgan fingerprint density at radius 3 is 2.50 bits per heavy atom. The molecule has 30 heavy (non-hydrogen) atoms. The molecule has 2 aliphatic rings. The molecule has 4 rings (SSSR count). The minimum Gasteiger partial charge on any atom is -0.456 e. The molecule has 0 amide bonds. The number of benzene rings is 2. The van der Waals surface area contributed by atoms with Gasteiger partial charge in [-0.2, -0.15) is 4.31 Å². The summed E-state index contributed by atoms with van der Waals surface area (Å²) in [5, 5.41) is 0.436. The summed E-state index contributed by atoms with van der Waals surface area (Å²) >= 11 is 6.12. The summed E-state index contributed by atoms with van der Waals surface area (Å²) in [5.41, 5.74) is 0.669. The van der Waals surface area contributed by atoms with Crippen molar-refractivity contribution >= 4 is 21.6 Å². The maximum absolute atomic E-state index is 13.4.